The fraction of sp³-hybridized carbons (Fsp3) is 0.417. The second-order valence-corrected chi connectivity index (χ2v) is 4.34. The Labute approximate surface area is 98.9 Å². The molecule has 1 fully saturated rings. The molecule has 1 aromatic carbocycles. The van der Waals surface area contributed by atoms with Crippen LogP contribution in [0.2, 0.25) is 0 Å². The molecule has 2 atom stereocenters. The van der Waals surface area contributed by atoms with Gasteiger partial charge in [-0.1, -0.05) is 0 Å². The maximum Gasteiger partial charge on any atom is 0.251 e. The third-order valence-electron chi connectivity index (χ3n) is 2.96. The van der Waals surface area contributed by atoms with E-state index in [1.165, 1.54) is 0 Å². The quantitative estimate of drug-likeness (QED) is 0.771. The van der Waals surface area contributed by atoms with Crippen molar-refractivity contribution in [2.24, 2.45) is 5.73 Å². The zero-order chi connectivity index (χ0) is 11.8. The third-order valence-corrected chi connectivity index (χ3v) is 2.96. The first-order valence-electron chi connectivity index (χ1n) is 5.70. The van der Waals surface area contributed by atoms with Crippen molar-refractivity contribution in [1.29, 1.82) is 0 Å². The topological polar surface area (TPSA) is 73.6 Å². The molecular formula is C12H14N2O3. The lowest BCUT2D eigenvalue weighted by molar-refractivity contribution is 0.0949. The van der Waals surface area contributed by atoms with Crippen molar-refractivity contribution in [3.8, 4) is 11.5 Å². The first-order chi connectivity index (χ1) is 8.24. The highest BCUT2D eigenvalue weighted by atomic mass is 16.6. The molecule has 0 radical (unpaired) electrons. The molecule has 17 heavy (non-hydrogen) atoms. The van der Waals surface area contributed by atoms with Gasteiger partial charge in [0, 0.05) is 17.6 Å². The van der Waals surface area contributed by atoms with Gasteiger partial charge in [0.2, 0.25) is 0 Å². The summed E-state index contributed by atoms with van der Waals surface area (Å²) in [5, 5.41) is 2.87. The van der Waals surface area contributed by atoms with Crippen LogP contribution >= 0.6 is 0 Å². The van der Waals surface area contributed by atoms with E-state index in [4.69, 9.17) is 15.2 Å². The van der Waals surface area contributed by atoms with E-state index in [1.54, 1.807) is 18.2 Å². The van der Waals surface area contributed by atoms with Gasteiger partial charge in [0.1, 0.15) is 13.2 Å². The van der Waals surface area contributed by atoms with Gasteiger partial charge in [0.25, 0.3) is 5.91 Å². The predicted molar refractivity (Wildman–Crippen MR) is 61.3 cm³/mol. The number of rotatable bonds is 2. The van der Waals surface area contributed by atoms with Crippen molar-refractivity contribution in [2.45, 2.75) is 18.5 Å². The minimum atomic E-state index is -0.111. The number of hydrogen-bond acceptors (Lipinski definition) is 4. The molecule has 5 nitrogen and oxygen atoms in total. The van der Waals surface area contributed by atoms with Crippen molar-refractivity contribution in [3.05, 3.63) is 23.8 Å². The summed E-state index contributed by atoms with van der Waals surface area (Å²) >= 11 is 0. The summed E-state index contributed by atoms with van der Waals surface area (Å²) in [4.78, 5) is 11.9. The molecule has 3 N–H and O–H groups in total. The molecule has 3 rings (SSSR count). The van der Waals surface area contributed by atoms with Gasteiger partial charge < -0.3 is 20.5 Å². The molecule has 1 aromatic rings. The predicted octanol–water partition coefficient (Wildman–Crippen LogP) is 0.287. The normalized spacial score (nSPS) is 25.2. The molecule has 1 saturated carbocycles. The van der Waals surface area contributed by atoms with Crippen molar-refractivity contribution < 1.29 is 14.3 Å². The number of amides is 1. The van der Waals surface area contributed by atoms with Crippen LogP contribution in [0, 0.1) is 0 Å². The van der Waals surface area contributed by atoms with Crippen LogP contribution in [0.25, 0.3) is 0 Å². The molecule has 1 heterocycles. The van der Waals surface area contributed by atoms with Gasteiger partial charge in [-0.2, -0.15) is 0 Å². The Bertz CT molecular complexity index is 461. The summed E-state index contributed by atoms with van der Waals surface area (Å²) < 4.78 is 10.8. The second kappa shape index (κ2) is 3.92. The van der Waals surface area contributed by atoms with E-state index >= 15 is 0 Å². The van der Waals surface area contributed by atoms with Gasteiger partial charge in [0.05, 0.1) is 0 Å². The Morgan fingerprint density at radius 1 is 1.29 bits per heavy atom. The molecule has 0 saturated heterocycles. The van der Waals surface area contributed by atoms with Gasteiger partial charge in [-0.25, -0.2) is 0 Å². The molecule has 0 spiro atoms. The van der Waals surface area contributed by atoms with Gasteiger partial charge in [-0.15, -0.1) is 0 Å². The van der Waals surface area contributed by atoms with E-state index in [0.29, 0.717) is 30.3 Å². The zero-order valence-electron chi connectivity index (χ0n) is 9.31. The van der Waals surface area contributed by atoms with E-state index in [2.05, 4.69) is 5.32 Å². The van der Waals surface area contributed by atoms with E-state index in [-0.39, 0.29) is 18.0 Å². The van der Waals surface area contributed by atoms with E-state index < -0.39 is 0 Å². The maximum atomic E-state index is 11.9. The Morgan fingerprint density at radius 3 is 2.71 bits per heavy atom. The van der Waals surface area contributed by atoms with Gasteiger partial charge in [-0.3, -0.25) is 4.79 Å². The van der Waals surface area contributed by atoms with Gasteiger partial charge >= 0.3 is 0 Å². The zero-order valence-corrected chi connectivity index (χ0v) is 9.31. The highest BCUT2D eigenvalue weighted by Gasteiger charge is 2.35. The standard InChI is InChI=1S/C12H14N2O3/c13-8-6-9(8)14-12(15)7-1-2-10-11(5-7)17-4-3-16-10/h1-2,5,8-9H,3-4,6,13H2,(H,14,15). The SMILES string of the molecule is NC1CC1NC(=O)c1ccc2c(c1)OCCO2. The number of nitrogens with two attached hydrogens (primary N) is 1. The molecule has 1 amide bonds. The molecule has 1 aliphatic heterocycles. The van der Waals surface area contributed by atoms with Crippen LogP contribution < -0.4 is 20.5 Å². The van der Waals surface area contributed by atoms with Crippen molar-refractivity contribution in [3.63, 3.8) is 0 Å². The van der Waals surface area contributed by atoms with Crippen LogP contribution in [-0.4, -0.2) is 31.2 Å². The molecule has 2 aliphatic rings. The molecule has 0 aromatic heterocycles. The Hall–Kier alpha value is -1.75. The summed E-state index contributed by atoms with van der Waals surface area (Å²) in [6.45, 7) is 1.07. The average molecular weight is 234 g/mol. The van der Waals surface area contributed by atoms with Crippen LogP contribution in [-0.2, 0) is 0 Å². The van der Waals surface area contributed by atoms with Crippen molar-refractivity contribution in [1.82, 2.24) is 5.32 Å². The number of benzene rings is 1. The number of carbonyl (C=O) groups is 1. The van der Waals surface area contributed by atoms with Crippen molar-refractivity contribution in [2.75, 3.05) is 13.2 Å². The monoisotopic (exact) mass is 234 g/mol. The Kier molecular flexibility index (Phi) is 2.40. The van der Waals surface area contributed by atoms with Crippen LogP contribution in [0.15, 0.2) is 18.2 Å². The van der Waals surface area contributed by atoms with Crippen LogP contribution in [0.1, 0.15) is 16.8 Å². The fourth-order valence-electron chi connectivity index (χ4n) is 1.82. The first kappa shape index (κ1) is 10.4. The molecular weight excluding hydrogens is 220 g/mol. The van der Waals surface area contributed by atoms with Gasteiger partial charge in [0.15, 0.2) is 11.5 Å². The fourth-order valence-corrected chi connectivity index (χ4v) is 1.82. The molecule has 5 heteroatoms. The Balaban J connectivity index is 1.76. The van der Waals surface area contributed by atoms with E-state index in [0.717, 1.165) is 6.42 Å². The third kappa shape index (κ3) is 2.06. The second-order valence-electron chi connectivity index (χ2n) is 4.34. The minimum Gasteiger partial charge on any atom is -0.486 e. The van der Waals surface area contributed by atoms with E-state index in [9.17, 15) is 4.79 Å². The number of hydrogen-bond donors (Lipinski definition) is 2. The smallest absolute Gasteiger partial charge is 0.251 e. The molecule has 1 aliphatic carbocycles. The van der Waals surface area contributed by atoms with Crippen LogP contribution in [0.4, 0.5) is 0 Å². The summed E-state index contributed by atoms with van der Waals surface area (Å²) in [6, 6.07) is 5.43. The summed E-state index contributed by atoms with van der Waals surface area (Å²) in [6.07, 6.45) is 0.857. The van der Waals surface area contributed by atoms with Crippen LogP contribution in [0.5, 0.6) is 11.5 Å². The number of nitrogens with one attached hydrogen (secondary N) is 1. The summed E-state index contributed by atoms with van der Waals surface area (Å²) in [5.74, 6) is 1.21. The largest absolute Gasteiger partial charge is 0.486 e. The highest BCUT2D eigenvalue weighted by Crippen LogP contribution is 2.31. The number of carbonyl (C=O) groups excluding carboxylic acids is 1. The average Bonchev–Trinajstić information content (AvgIpc) is 3.04. The lowest BCUT2D eigenvalue weighted by Crippen LogP contribution is -2.29. The number of ether oxygens (including phenoxy) is 2. The van der Waals surface area contributed by atoms with Gasteiger partial charge in [-0.05, 0) is 24.6 Å². The van der Waals surface area contributed by atoms with Crippen LogP contribution in [0.3, 0.4) is 0 Å². The highest BCUT2D eigenvalue weighted by molar-refractivity contribution is 5.95. The molecule has 2 unspecified atom stereocenters. The molecule has 0 bridgehead atoms. The lowest BCUT2D eigenvalue weighted by atomic mass is 10.2. The summed E-state index contributed by atoms with van der Waals surface area (Å²) in [7, 11) is 0. The summed E-state index contributed by atoms with van der Waals surface area (Å²) in [5.41, 5.74) is 6.22. The lowest BCUT2D eigenvalue weighted by Gasteiger charge is -2.18. The van der Waals surface area contributed by atoms with Crippen molar-refractivity contribution >= 4 is 5.91 Å². The maximum absolute atomic E-state index is 11.9. The minimum absolute atomic E-state index is 0.108. The first-order valence-corrected chi connectivity index (χ1v) is 5.70. The van der Waals surface area contributed by atoms with E-state index in [1.807, 2.05) is 0 Å². The number of fused-ring (bicyclic) bond motifs is 1. The molecule has 90 valence electrons. The Morgan fingerprint density at radius 2 is 2.00 bits per heavy atom.